The maximum atomic E-state index is 13.5. The molecule has 0 unspecified atom stereocenters. The second-order valence-corrected chi connectivity index (χ2v) is 4.73. The molecule has 1 N–H and O–H groups in total. The summed E-state index contributed by atoms with van der Waals surface area (Å²) in [5, 5.41) is 2.46. The van der Waals surface area contributed by atoms with Crippen LogP contribution in [-0.4, -0.2) is 19.6 Å². The monoisotopic (exact) mass is 315 g/mol. The summed E-state index contributed by atoms with van der Waals surface area (Å²) in [7, 11) is 1.53. The Morgan fingerprint density at radius 2 is 2.00 bits per heavy atom. The molecular formula is C18H18FNO3. The van der Waals surface area contributed by atoms with Gasteiger partial charge in [0.1, 0.15) is 5.82 Å². The average Bonchev–Trinajstić information content (AvgIpc) is 2.56. The molecule has 0 atom stereocenters. The van der Waals surface area contributed by atoms with Gasteiger partial charge >= 0.3 is 0 Å². The standard InChI is InChI=1S/C18H18FNO3/c1-3-6-13-9-10-16(17(11-13)22-2)23-12-18(21)20-15-8-5-4-7-14(15)19/h3-11H,12H2,1-2H3,(H,20,21)/b6-3+. The average molecular weight is 315 g/mol. The number of allylic oxidation sites excluding steroid dienone is 1. The van der Waals surface area contributed by atoms with Crippen LogP contribution in [0.4, 0.5) is 10.1 Å². The molecule has 1 amide bonds. The Hall–Kier alpha value is -2.82. The zero-order valence-corrected chi connectivity index (χ0v) is 13.0. The number of para-hydroxylation sites is 1. The summed E-state index contributed by atoms with van der Waals surface area (Å²) in [4.78, 5) is 11.9. The first-order valence-corrected chi connectivity index (χ1v) is 7.12. The summed E-state index contributed by atoms with van der Waals surface area (Å²) < 4.78 is 24.2. The molecule has 23 heavy (non-hydrogen) atoms. The van der Waals surface area contributed by atoms with E-state index in [4.69, 9.17) is 9.47 Å². The molecule has 0 aliphatic carbocycles. The topological polar surface area (TPSA) is 47.6 Å². The lowest BCUT2D eigenvalue weighted by Crippen LogP contribution is -2.20. The number of rotatable bonds is 6. The number of halogens is 1. The van der Waals surface area contributed by atoms with Crippen LogP contribution in [-0.2, 0) is 4.79 Å². The quantitative estimate of drug-likeness (QED) is 0.880. The molecule has 0 fully saturated rings. The fourth-order valence-electron chi connectivity index (χ4n) is 1.99. The minimum atomic E-state index is -0.492. The van der Waals surface area contributed by atoms with Gasteiger partial charge in [-0.15, -0.1) is 0 Å². The normalized spacial score (nSPS) is 10.6. The lowest BCUT2D eigenvalue weighted by Gasteiger charge is -2.11. The molecule has 0 radical (unpaired) electrons. The van der Waals surface area contributed by atoms with E-state index in [9.17, 15) is 9.18 Å². The zero-order valence-electron chi connectivity index (χ0n) is 13.0. The Kier molecular flexibility index (Phi) is 5.74. The summed E-state index contributed by atoms with van der Waals surface area (Å²) in [6.45, 7) is 1.68. The van der Waals surface area contributed by atoms with Crippen molar-refractivity contribution in [3.8, 4) is 11.5 Å². The lowest BCUT2D eigenvalue weighted by molar-refractivity contribution is -0.118. The molecule has 0 spiro atoms. The van der Waals surface area contributed by atoms with Gasteiger partial charge in [-0.2, -0.15) is 0 Å². The summed E-state index contributed by atoms with van der Waals surface area (Å²) >= 11 is 0. The molecule has 0 bridgehead atoms. The summed E-state index contributed by atoms with van der Waals surface area (Å²) in [6.07, 6.45) is 3.84. The minimum Gasteiger partial charge on any atom is -0.493 e. The van der Waals surface area contributed by atoms with E-state index >= 15 is 0 Å². The van der Waals surface area contributed by atoms with Gasteiger partial charge in [0.05, 0.1) is 12.8 Å². The molecule has 0 saturated heterocycles. The maximum absolute atomic E-state index is 13.5. The predicted octanol–water partition coefficient (Wildman–Crippen LogP) is 3.88. The number of hydrogen-bond donors (Lipinski definition) is 1. The summed E-state index contributed by atoms with van der Waals surface area (Å²) in [5.74, 6) is 0.0348. The Balaban J connectivity index is 2.00. The Morgan fingerprint density at radius 1 is 1.22 bits per heavy atom. The number of methoxy groups -OCH3 is 1. The molecule has 0 aliphatic rings. The molecule has 0 saturated carbocycles. The molecule has 2 aromatic carbocycles. The molecule has 2 aromatic rings. The third-order valence-electron chi connectivity index (χ3n) is 3.05. The SMILES string of the molecule is C/C=C/c1ccc(OCC(=O)Nc2ccccc2F)c(OC)c1. The van der Waals surface area contributed by atoms with Crippen molar-refractivity contribution in [2.45, 2.75) is 6.92 Å². The molecule has 120 valence electrons. The first-order valence-electron chi connectivity index (χ1n) is 7.12. The van der Waals surface area contributed by atoms with Gasteiger partial charge < -0.3 is 14.8 Å². The van der Waals surface area contributed by atoms with E-state index in [1.165, 1.54) is 19.2 Å². The largest absolute Gasteiger partial charge is 0.493 e. The zero-order chi connectivity index (χ0) is 16.7. The van der Waals surface area contributed by atoms with E-state index in [2.05, 4.69) is 5.32 Å². The van der Waals surface area contributed by atoms with Crippen LogP contribution in [0.2, 0.25) is 0 Å². The van der Waals surface area contributed by atoms with Gasteiger partial charge in [0.15, 0.2) is 18.1 Å². The second kappa shape index (κ2) is 7.98. The maximum Gasteiger partial charge on any atom is 0.262 e. The van der Waals surface area contributed by atoms with Gasteiger partial charge in [-0.1, -0.05) is 30.4 Å². The molecular weight excluding hydrogens is 297 g/mol. The van der Waals surface area contributed by atoms with Gasteiger partial charge in [-0.25, -0.2) is 4.39 Å². The Labute approximate surface area is 134 Å². The summed E-state index contributed by atoms with van der Waals surface area (Å²) in [5.41, 5.74) is 1.09. The number of amides is 1. The number of hydrogen-bond acceptors (Lipinski definition) is 3. The van der Waals surface area contributed by atoms with Crippen molar-refractivity contribution in [1.82, 2.24) is 0 Å². The fourth-order valence-corrected chi connectivity index (χ4v) is 1.99. The highest BCUT2D eigenvalue weighted by molar-refractivity contribution is 5.92. The van der Waals surface area contributed by atoms with Crippen LogP contribution < -0.4 is 14.8 Å². The van der Waals surface area contributed by atoms with Crippen LogP contribution in [0.5, 0.6) is 11.5 Å². The van der Waals surface area contributed by atoms with E-state index in [-0.39, 0.29) is 12.3 Å². The van der Waals surface area contributed by atoms with Crippen LogP contribution in [0, 0.1) is 5.82 Å². The van der Waals surface area contributed by atoms with Gasteiger partial charge in [-0.05, 0) is 36.8 Å². The molecule has 0 aromatic heterocycles. The van der Waals surface area contributed by atoms with E-state index in [0.717, 1.165) is 5.56 Å². The van der Waals surface area contributed by atoms with Crippen molar-refractivity contribution in [3.63, 3.8) is 0 Å². The Morgan fingerprint density at radius 3 is 2.70 bits per heavy atom. The van der Waals surface area contributed by atoms with E-state index < -0.39 is 11.7 Å². The van der Waals surface area contributed by atoms with Gasteiger partial charge in [0.2, 0.25) is 0 Å². The highest BCUT2D eigenvalue weighted by Gasteiger charge is 2.10. The molecule has 2 rings (SSSR count). The van der Waals surface area contributed by atoms with Crippen molar-refractivity contribution in [1.29, 1.82) is 0 Å². The van der Waals surface area contributed by atoms with E-state index in [1.807, 2.05) is 31.2 Å². The number of carbonyl (C=O) groups excluding carboxylic acids is 1. The number of benzene rings is 2. The number of ether oxygens (including phenoxy) is 2. The third kappa shape index (κ3) is 4.57. The second-order valence-electron chi connectivity index (χ2n) is 4.73. The molecule has 0 heterocycles. The first kappa shape index (κ1) is 16.5. The molecule has 5 heteroatoms. The number of carbonyl (C=O) groups is 1. The van der Waals surface area contributed by atoms with Gasteiger partial charge in [-0.3, -0.25) is 4.79 Å². The highest BCUT2D eigenvalue weighted by atomic mass is 19.1. The van der Waals surface area contributed by atoms with Gasteiger partial charge in [0.25, 0.3) is 5.91 Å². The molecule has 0 aliphatic heterocycles. The van der Waals surface area contributed by atoms with Crippen molar-refractivity contribution >= 4 is 17.7 Å². The lowest BCUT2D eigenvalue weighted by atomic mass is 10.2. The van der Waals surface area contributed by atoms with E-state index in [1.54, 1.807) is 18.2 Å². The van der Waals surface area contributed by atoms with Crippen LogP contribution in [0.25, 0.3) is 6.08 Å². The smallest absolute Gasteiger partial charge is 0.262 e. The Bertz CT molecular complexity index is 713. The van der Waals surface area contributed by atoms with Crippen LogP contribution in [0.15, 0.2) is 48.5 Å². The summed E-state index contributed by atoms with van der Waals surface area (Å²) in [6, 6.07) is 11.3. The predicted molar refractivity (Wildman–Crippen MR) is 88.2 cm³/mol. The van der Waals surface area contributed by atoms with Crippen molar-refractivity contribution in [2.24, 2.45) is 0 Å². The van der Waals surface area contributed by atoms with Crippen LogP contribution in [0.3, 0.4) is 0 Å². The van der Waals surface area contributed by atoms with Crippen LogP contribution in [0.1, 0.15) is 12.5 Å². The van der Waals surface area contributed by atoms with Crippen LogP contribution >= 0.6 is 0 Å². The van der Waals surface area contributed by atoms with Crippen molar-refractivity contribution in [3.05, 3.63) is 59.9 Å². The first-order chi connectivity index (χ1) is 11.1. The number of anilines is 1. The van der Waals surface area contributed by atoms with Crippen molar-refractivity contribution in [2.75, 3.05) is 19.0 Å². The minimum absolute atomic E-state index is 0.122. The number of nitrogens with one attached hydrogen (secondary N) is 1. The highest BCUT2D eigenvalue weighted by Crippen LogP contribution is 2.28. The molecule has 4 nitrogen and oxygen atoms in total. The third-order valence-corrected chi connectivity index (χ3v) is 3.05. The fraction of sp³-hybridized carbons (Fsp3) is 0.167. The van der Waals surface area contributed by atoms with E-state index in [0.29, 0.717) is 11.5 Å². The van der Waals surface area contributed by atoms with Crippen molar-refractivity contribution < 1.29 is 18.7 Å². The van der Waals surface area contributed by atoms with Gasteiger partial charge in [0, 0.05) is 0 Å².